The van der Waals surface area contributed by atoms with Gasteiger partial charge in [-0.3, -0.25) is 0 Å². The molecule has 3 fully saturated rings. The molecule has 1 aromatic heterocycles. The molecule has 0 saturated heterocycles. The highest BCUT2D eigenvalue weighted by Crippen LogP contribution is 2.71. The summed E-state index contributed by atoms with van der Waals surface area (Å²) in [6, 6.07) is 6.57. The van der Waals surface area contributed by atoms with Crippen molar-refractivity contribution in [3.8, 4) is 0 Å². The fraction of sp³-hybridized carbons (Fsp3) is 0.529. The summed E-state index contributed by atoms with van der Waals surface area (Å²) in [5, 5.41) is 0.823. The third-order valence-electron chi connectivity index (χ3n) is 6.04. The number of fused-ring (bicyclic) bond motifs is 6. The zero-order valence-corrected chi connectivity index (χ0v) is 11.3. The van der Waals surface area contributed by atoms with Crippen molar-refractivity contribution in [3.63, 3.8) is 0 Å². The van der Waals surface area contributed by atoms with Crippen LogP contribution in [0, 0.1) is 35.4 Å². The summed E-state index contributed by atoms with van der Waals surface area (Å²) in [4.78, 5) is 0. The van der Waals surface area contributed by atoms with Crippen molar-refractivity contribution < 1.29 is 8.81 Å². The van der Waals surface area contributed by atoms with Gasteiger partial charge < -0.3 is 10.2 Å². The number of halogens is 1. The van der Waals surface area contributed by atoms with Crippen LogP contribution in [0.25, 0.3) is 11.0 Å². The van der Waals surface area contributed by atoms with Crippen molar-refractivity contribution in [1.82, 2.24) is 0 Å². The molecule has 2 N–H and O–H groups in total. The van der Waals surface area contributed by atoms with Crippen LogP contribution in [0.15, 0.2) is 28.7 Å². The standard InChI is InChI=1S/C17H18FNO/c18-11-3-4-12-10(6-11)7-13(20-12)17(19)16-14-8-1-2-9(5-8)15(14)16/h3-4,6-9,14-17H,1-2,5,19H2. The molecule has 20 heavy (non-hydrogen) atoms. The van der Waals surface area contributed by atoms with Gasteiger partial charge in [-0.2, -0.15) is 0 Å². The van der Waals surface area contributed by atoms with Crippen LogP contribution >= 0.6 is 0 Å². The van der Waals surface area contributed by atoms with E-state index in [0.29, 0.717) is 5.92 Å². The molecule has 1 aromatic carbocycles. The molecular formula is C17H18FNO. The van der Waals surface area contributed by atoms with Gasteiger partial charge >= 0.3 is 0 Å². The monoisotopic (exact) mass is 271 g/mol. The van der Waals surface area contributed by atoms with Crippen molar-refractivity contribution in [1.29, 1.82) is 0 Å². The lowest BCUT2D eigenvalue weighted by Crippen LogP contribution is -2.16. The van der Waals surface area contributed by atoms with Gasteiger partial charge in [0.05, 0.1) is 6.04 Å². The molecule has 3 aliphatic carbocycles. The van der Waals surface area contributed by atoms with Gasteiger partial charge in [0.2, 0.25) is 0 Å². The Hall–Kier alpha value is -1.35. The number of hydrogen-bond acceptors (Lipinski definition) is 2. The number of hydrogen-bond donors (Lipinski definition) is 1. The zero-order chi connectivity index (χ0) is 13.4. The Morgan fingerprint density at radius 2 is 1.90 bits per heavy atom. The van der Waals surface area contributed by atoms with Gasteiger partial charge in [0.25, 0.3) is 0 Å². The lowest BCUT2D eigenvalue weighted by Gasteiger charge is -2.13. The van der Waals surface area contributed by atoms with Crippen LogP contribution in [0.2, 0.25) is 0 Å². The van der Waals surface area contributed by atoms with Crippen molar-refractivity contribution in [2.75, 3.05) is 0 Å². The van der Waals surface area contributed by atoms with Crippen LogP contribution < -0.4 is 5.73 Å². The Morgan fingerprint density at radius 3 is 2.65 bits per heavy atom. The van der Waals surface area contributed by atoms with Crippen molar-refractivity contribution >= 4 is 11.0 Å². The maximum Gasteiger partial charge on any atom is 0.134 e. The Morgan fingerprint density at radius 1 is 1.15 bits per heavy atom. The van der Waals surface area contributed by atoms with Crippen LogP contribution in [-0.4, -0.2) is 0 Å². The summed E-state index contributed by atoms with van der Waals surface area (Å²) >= 11 is 0. The first-order valence-corrected chi connectivity index (χ1v) is 7.67. The van der Waals surface area contributed by atoms with Crippen LogP contribution in [0.5, 0.6) is 0 Å². The van der Waals surface area contributed by atoms with E-state index in [4.69, 9.17) is 10.2 Å². The summed E-state index contributed by atoms with van der Waals surface area (Å²) in [6.07, 6.45) is 4.24. The number of nitrogens with two attached hydrogens (primary N) is 1. The highest BCUT2D eigenvalue weighted by molar-refractivity contribution is 5.78. The molecule has 0 amide bonds. The molecule has 2 bridgehead atoms. The van der Waals surface area contributed by atoms with E-state index in [1.165, 1.54) is 31.4 Å². The molecule has 1 heterocycles. The molecule has 3 saturated carbocycles. The Labute approximate surface area is 117 Å². The van der Waals surface area contributed by atoms with E-state index in [1.807, 2.05) is 6.07 Å². The first kappa shape index (κ1) is 11.3. The maximum atomic E-state index is 13.2. The molecule has 0 spiro atoms. The average Bonchev–Trinajstić information content (AvgIpc) is 2.81. The fourth-order valence-corrected chi connectivity index (χ4v) is 5.26. The largest absolute Gasteiger partial charge is 0.459 e. The van der Waals surface area contributed by atoms with Crippen LogP contribution in [-0.2, 0) is 0 Å². The molecule has 104 valence electrons. The summed E-state index contributed by atoms with van der Waals surface area (Å²) < 4.78 is 19.1. The first-order chi connectivity index (χ1) is 9.72. The Balaban J connectivity index is 1.47. The minimum absolute atomic E-state index is 0.0103. The topological polar surface area (TPSA) is 39.2 Å². The summed E-state index contributed by atoms with van der Waals surface area (Å²) in [7, 11) is 0. The lowest BCUT2D eigenvalue weighted by atomic mass is 9.96. The first-order valence-electron chi connectivity index (χ1n) is 7.67. The smallest absolute Gasteiger partial charge is 0.134 e. The predicted molar refractivity (Wildman–Crippen MR) is 74.4 cm³/mol. The van der Waals surface area contributed by atoms with E-state index in [1.54, 1.807) is 6.07 Å². The van der Waals surface area contributed by atoms with E-state index < -0.39 is 0 Å². The second-order valence-electron chi connectivity index (χ2n) is 6.92. The predicted octanol–water partition coefficient (Wildman–Crippen LogP) is 3.86. The van der Waals surface area contributed by atoms with E-state index in [0.717, 1.165) is 40.4 Å². The van der Waals surface area contributed by atoms with Gasteiger partial charge in [0.1, 0.15) is 17.2 Å². The molecule has 5 unspecified atom stereocenters. The highest BCUT2D eigenvalue weighted by atomic mass is 19.1. The fourth-order valence-electron chi connectivity index (χ4n) is 5.26. The molecule has 2 nitrogen and oxygen atoms in total. The van der Waals surface area contributed by atoms with Gasteiger partial charge in [-0.1, -0.05) is 0 Å². The average molecular weight is 271 g/mol. The van der Waals surface area contributed by atoms with Crippen LogP contribution in [0.3, 0.4) is 0 Å². The van der Waals surface area contributed by atoms with E-state index in [-0.39, 0.29) is 11.9 Å². The Kier molecular flexibility index (Phi) is 2.06. The molecule has 5 atom stereocenters. The third kappa shape index (κ3) is 1.37. The van der Waals surface area contributed by atoms with Gasteiger partial charge in [-0.15, -0.1) is 0 Å². The lowest BCUT2D eigenvalue weighted by molar-refractivity contribution is 0.379. The minimum Gasteiger partial charge on any atom is -0.459 e. The Bertz CT molecular complexity index is 677. The van der Waals surface area contributed by atoms with Gasteiger partial charge in [0.15, 0.2) is 0 Å². The van der Waals surface area contributed by atoms with Gasteiger partial charge in [-0.05, 0) is 73.1 Å². The third-order valence-corrected chi connectivity index (χ3v) is 6.04. The SMILES string of the molecule is NC(c1cc2cc(F)ccc2o1)C1C2C3CCC(C3)C21. The van der Waals surface area contributed by atoms with Crippen molar-refractivity contribution in [3.05, 3.63) is 35.8 Å². The summed E-state index contributed by atoms with van der Waals surface area (Å²) in [5.41, 5.74) is 7.20. The minimum atomic E-state index is -0.222. The van der Waals surface area contributed by atoms with E-state index >= 15 is 0 Å². The summed E-state index contributed by atoms with van der Waals surface area (Å²) in [6.45, 7) is 0. The quantitative estimate of drug-likeness (QED) is 0.900. The van der Waals surface area contributed by atoms with E-state index in [9.17, 15) is 4.39 Å². The van der Waals surface area contributed by atoms with Crippen molar-refractivity contribution in [2.24, 2.45) is 35.3 Å². The molecular weight excluding hydrogens is 253 g/mol. The molecule has 5 rings (SSSR count). The van der Waals surface area contributed by atoms with Crippen LogP contribution in [0.4, 0.5) is 4.39 Å². The second kappa shape index (κ2) is 3.64. The second-order valence-corrected chi connectivity index (χ2v) is 6.92. The molecule has 0 radical (unpaired) electrons. The number of rotatable bonds is 2. The highest BCUT2D eigenvalue weighted by Gasteiger charge is 2.66. The van der Waals surface area contributed by atoms with Gasteiger partial charge in [-0.25, -0.2) is 4.39 Å². The number of furan rings is 1. The molecule has 2 aromatic rings. The van der Waals surface area contributed by atoms with E-state index in [2.05, 4.69) is 0 Å². The zero-order valence-electron chi connectivity index (χ0n) is 11.3. The van der Waals surface area contributed by atoms with Crippen LogP contribution in [0.1, 0.15) is 31.1 Å². The normalized spacial score (nSPS) is 39.2. The molecule has 3 heteroatoms. The number of benzene rings is 1. The van der Waals surface area contributed by atoms with Crippen molar-refractivity contribution in [2.45, 2.75) is 25.3 Å². The molecule has 0 aliphatic heterocycles. The maximum absolute atomic E-state index is 13.2. The van der Waals surface area contributed by atoms with Gasteiger partial charge in [0, 0.05) is 5.39 Å². The molecule has 3 aliphatic rings. The summed E-state index contributed by atoms with van der Waals surface area (Å²) in [5.74, 6) is 4.74.